The number of alkyl halides is 3. The summed E-state index contributed by atoms with van der Waals surface area (Å²) in [5, 5.41) is 10.6. The molecule has 0 atom stereocenters. The molecule has 2 aromatic heterocycles. The van der Waals surface area contributed by atoms with E-state index in [1.807, 2.05) is 0 Å². The Hall–Kier alpha value is -3.90. The fraction of sp³-hybridized carbons (Fsp3) is 0.381. The number of anilines is 2. The SMILES string of the molecule is CC(C)(C)OC(=O)N1CC(C(=O)Nc2c[nH]c(/C=C\C(=N)c3cnc(N)c(C(F)(F)F)c3)n2)C1. The summed E-state index contributed by atoms with van der Waals surface area (Å²) in [6.45, 7) is 5.72. The zero-order valence-electron chi connectivity index (χ0n) is 18.7. The number of nitrogen functional groups attached to an aromatic ring is 1. The number of likely N-dealkylation sites (tertiary alicyclic amines) is 1. The Morgan fingerprint density at radius 3 is 2.62 bits per heavy atom. The van der Waals surface area contributed by atoms with Gasteiger partial charge in [0.15, 0.2) is 5.82 Å². The van der Waals surface area contributed by atoms with Gasteiger partial charge in [-0.2, -0.15) is 13.2 Å². The number of rotatable bonds is 5. The first-order valence-corrected chi connectivity index (χ1v) is 10.2. The fourth-order valence-electron chi connectivity index (χ4n) is 2.94. The van der Waals surface area contributed by atoms with Crippen molar-refractivity contribution in [3.8, 4) is 0 Å². The number of nitrogens with one attached hydrogen (secondary N) is 3. The number of allylic oxidation sites excluding steroid dienone is 1. The molecule has 0 radical (unpaired) electrons. The number of ether oxygens (including phenoxy) is 1. The molecule has 0 spiro atoms. The van der Waals surface area contributed by atoms with Crippen molar-refractivity contribution in [3.63, 3.8) is 0 Å². The Morgan fingerprint density at radius 1 is 1.32 bits per heavy atom. The average Bonchev–Trinajstić information content (AvgIpc) is 3.10. The van der Waals surface area contributed by atoms with E-state index in [1.165, 1.54) is 23.2 Å². The third-order valence-electron chi connectivity index (χ3n) is 4.70. The summed E-state index contributed by atoms with van der Waals surface area (Å²) in [6, 6.07) is 0.752. The molecule has 3 rings (SSSR count). The number of aromatic nitrogens is 3. The van der Waals surface area contributed by atoms with Crippen molar-refractivity contribution < 1.29 is 27.5 Å². The molecule has 0 aliphatic carbocycles. The van der Waals surface area contributed by atoms with Gasteiger partial charge in [0.2, 0.25) is 5.91 Å². The number of halogens is 3. The summed E-state index contributed by atoms with van der Waals surface area (Å²) >= 11 is 0. The number of nitrogens with two attached hydrogens (primary N) is 1. The van der Waals surface area contributed by atoms with E-state index < -0.39 is 35.2 Å². The van der Waals surface area contributed by atoms with Gasteiger partial charge < -0.3 is 31.1 Å². The van der Waals surface area contributed by atoms with Gasteiger partial charge in [-0.3, -0.25) is 4.79 Å². The van der Waals surface area contributed by atoms with Crippen LogP contribution in [0.25, 0.3) is 6.08 Å². The number of pyridine rings is 1. The molecule has 10 nitrogen and oxygen atoms in total. The Balaban J connectivity index is 1.55. The average molecular weight is 479 g/mol. The van der Waals surface area contributed by atoms with E-state index in [2.05, 4.69) is 20.3 Å². The molecule has 2 amide bonds. The van der Waals surface area contributed by atoms with Crippen LogP contribution < -0.4 is 11.1 Å². The standard InChI is InChI=1S/C21H24F3N7O3/c1-20(2,3)34-19(33)31-9-12(10-31)18(32)30-16-8-27-15(29-16)5-4-14(25)11-6-13(21(22,23)24)17(26)28-7-11/h4-8,12,25H,9-10H2,1-3H3,(H2,26,28)(H,27,29)(H,30,32)/b5-4-,25-14?. The number of hydrogen-bond donors (Lipinski definition) is 4. The third-order valence-corrected chi connectivity index (χ3v) is 4.70. The molecular formula is C21H24F3N7O3. The van der Waals surface area contributed by atoms with Crippen molar-refractivity contribution in [1.82, 2.24) is 19.9 Å². The first-order valence-electron chi connectivity index (χ1n) is 10.2. The number of carbonyl (C=O) groups excluding carboxylic acids is 2. The van der Waals surface area contributed by atoms with Gasteiger partial charge in [0, 0.05) is 31.0 Å². The lowest BCUT2D eigenvalue weighted by atomic mass is 10.00. The van der Waals surface area contributed by atoms with Gasteiger partial charge in [0.25, 0.3) is 0 Å². The lowest BCUT2D eigenvalue weighted by Gasteiger charge is -2.38. The number of H-pyrrole nitrogens is 1. The van der Waals surface area contributed by atoms with Crippen molar-refractivity contribution in [2.75, 3.05) is 24.1 Å². The number of carbonyl (C=O) groups is 2. The zero-order chi connectivity index (χ0) is 25.3. The maximum atomic E-state index is 13.0. The van der Waals surface area contributed by atoms with E-state index in [-0.39, 0.29) is 41.9 Å². The number of aromatic amines is 1. The molecule has 13 heteroatoms. The first-order chi connectivity index (χ1) is 15.7. The molecule has 0 aromatic carbocycles. The van der Waals surface area contributed by atoms with Crippen LogP contribution >= 0.6 is 0 Å². The molecule has 1 aliphatic heterocycles. The van der Waals surface area contributed by atoms with Crippen molar-refractivity contribution >= 4 is 35.4 Å². The highest BCUT2D eigenvalue weighted by Crippen LogP contribution is 2.33. The fourth-order valence-corrected chi connectivity index (χ4v) is 2.94. The number of imidazole rings is 1. The van der Waals surface area contributed by atoms with Crippen molar-refractivity contribution in [2.24, 2.45) is 5.92 Å². The van der Waals surface area contributed by atoms with Crippen LogP contribution in [0.3, 0.4) is 0 Å². The Labute approximate surface area is 192 Å². The maximum absolute atomic E-state index is 13.0. The second kappa shape index (κ2) is 9.15. The van der Waals surface area contributed by atoms with Gasteiger partial charge >= 0.3 is 12.3 Å². The molecule has 0 unspecified atom stereocenters. The molecule has 3 heterocycles. The molecule has 182 valence electrons. The minimum atomic E-state index is -4.68. The van der Waals surface area contributed by atoms with Crippen LogP contribution in [0.15, 0.2) is 24.5 Å². The minimum Gasteiger partial charge on any atom is -0.444 e. The van der Waals surface area contributed by atoms with Crippen molar-refractivity contribution in [3.05, 3.63) is 41.5 Å². The van der Waals surface area contributed by atoms with Gasteiger partial charge in [0.05, 0.1) is 17.2 Å². The van der Waals surface area contributed by atoms with Gasteiger partial charge in [-0.05, 0) is 39.0 Å². The van der Waals surface area contributed by atoms with Gasteiger partial charge in [0.1, 0.15) is 17.2 Å². The zero-order valence-corrected chi connectivity index (χ0v) is 18.7. The summed E-state index contributed by atoms with van der Waals surface area (Å²) in [5.41, 5.74) is 3.22. The predicted molar refractivity (Wildman–Crippen MR) is 118 cm³/mol. The summed E-state index contributed by atoms with van der Waals surface area (Å²) in [7, 11) is 0. The summed E-state index contributed by atoms with van der Waals surface area (Å²) in [4.78, 5) is 36.1. The van der Waals surface area contributed by atoms with E-state index in [4.69, 9.17) is 15.9 Å². The topological polar surface area (TPSA) is 150 Å². The van der Waals surface area contributed by atoms with Crippen LogP contribution in [-0.2, 0) is 15.7 Å². The second-order valence-corrected chi connectivity index (χ2v) is 8.64. The molecule has 0 saturated carbocycles. The molecule has 34 heavy (non-hydrogen) atoms. The smallest absolute Gasteiger partial charge is 0.419 e. The van der Waals surface area contributed by atoms with E-state index in [0.29, 0.717) is 0 Å². The summed E-state index contributed by atoms with van der Waals surface area (Å²) in [5.74, 6) is -0.900. The van der Waals surface area contributed by atoms with Crippen LogP contribution in [0.4, 0.5) is 29.6 Å². The lowest BCUT2D eigenvalue weighted by molar-refractivity contribution is -0.137. The van der Waals surface area contributed by atoms with Crippen molar-refractivity contribution in [1.29, 1.82) is 5.41 Å². The molecular weight excluding hydrogens is 455 g/mol. The summed E-state index contributed by atoms with van der Waals surface area (Å²) in [6.07, 6.45) is -0.0556. The second-order valence-electron chi connectivity index (χ2n) is 8.64. The van der Waals surface area contributed by atoms with E-state index in [0.717, 1.165) is 12.3 Å². The number of hydrogen-bond acceptors (Lipinski definition) is 7. The van der Waals surface area contributed by atoms with E-state index in [1.54, 1.807) is 20.8 Å². The quantitative estimate of drug-likeness (QED) is 0.483. The highest BCUT2D eigenvalue weighted by Gasteiger charge is 2.38. The van der Waals surface area contributed by atoms with E-state index >= 15 is 0 Å². The normalized spacial score (nSPS) is 14.7. The highest BCUT2D eigenvalue weighted by atomic mass is 19.4. The minimum absolute atomic E-state index is 0.0719. The third kappa shape index (κ3) is 6.11. The Bertz CT molecular complexity index is 1130. The Kier molecular flexibility index (Phi) is 6.66. The van der Waals surface area contributed by atoms with Crippen LogP contribution in [0.1, 0.15) is 37.7 Å². The lowest BCUT2D eigenvalue weighted by Crippen LogP contribution is -2.55. The van der Waals surface area contributed by atoms with Crippen LogP contribution in [0, 0.1) is 11.3 Å². The van der Waals surface area contributed by atoms with Crippen LogP contribution in [-0.4, -0.2) is 56.3 Å². The first kappa shape index (κ1) is 24.7. The molecule has 0 bridgehead atoms. The number of nitrogens with zero attached hydrogens (tertiary/aromatic N) is 3. The largest absolute Gasteiger partial charge is 0.444 e. The van der Waals surface area contributed by atoms with E-state index in [9.17, 15) is 22.8 Å². The van der Waals surface area contributed by atoms with Crippen molar-refractivity contribution in [2.45, 2.75) is 32.5 Å². The maximum Gasteiger partial charge on any atom is 0.419 e. The van der Waals surface area contributed by atoms with Gasteiger partial charge in [-0.1, -0.05) is 0 Å². The summed E-state index contributed by atoms with van der Waals surface area (Å²) < 4.78 is 44.2. The van der Waals surface area contributed by atoms with Gasteiger partial charge in [-0.25, -0.2) is 14.8 Å². The molecule has 5 N–H and O–H groups in total. The highest BCUT2D eigenvalue weighted by molar-refractivity contribution is 6.08. The Morgan fingerprint density at radius 2 is 2.00 bits per heavy atom. The van der Waals surface area contributed by atoms with Gasteiger partial charge in [-0.15, -0.1) is 0 Å². The molecule has 1 fully saturated rings. The van der Waals surface area contributed by atoms with Crippen LogP contribution in [0.5, 0.6) is 0 Å². The monoisotopic (exact) mass is 479 g/mol. The molecule has 1 saturated heterocycles. The number of amides is 2. The van der Waals surface area contributed by atoms with Crippen LogP contribution in [0.2, 0.25) is 0 Å². The molecule has 1 aliphatic rings. The predicted octanol–water partition coefficient (Wildman–Crippen LogP) is 3.29. The molecule has 2 aromatic rings.